The first kappa shape index (κ1) is 26.4. The van der Waals surface area contributed by atoms with Gasteiger partial charge < -0.3 is 29.6 Å². The second kappa shape index (κ2) is 10.2. The molecule has 2 aliphatic rings. The normalized spacial score (nSPS) is 18.9. The molecule has 1 aliphatic carbocycles. The third-order valence-electron chi connectivity index (χ3n) is 7.99. The Kier molecular flexibility index (Phi) is 7.09. The SMILES string of the molecule is CC1(C)OB(c2ccccc2C(O)C(O)CNC(=O)OCC2c3ccccc3-c3ccccc32)OC1(C)C. The van der Waals surface area contributed by atoms with Gasteiger partial charge in [0.25, 0.3) is 0 Å². The van der Waals surface area contributed by atoms with Gasteiger partial charge in [-0.3, -0.25) is 0 Å². The highest BCUT2D eigenvalue weighted by atomic mass is 16.7. The number of hydrogen-bond acceptors (Lipinski definition) is 6. The zero-order valence-corrected chi connectivity index (χ0v) is 22.2. The van der Waals surface area contributed by atoms with Crippen LogP contribution in [0.3, 0.4) is 0 Å². The summed E-state index contributed by atoms with van der Waals surface area (Å²) in [5.74, 6) is -0.0598. The second-order valence-electron chi connectivity index (χ2n) is 10.9. The molecule has 2 unspecified atom stereocenters. The highest BCUT2D eigenvalue weighted by Crippen LogP contribution is 2.44. The lowest BCUT2D eigenvalue weighted by Gasteiger charge is -2.32. The molecule has 0 saturated carbocycles. The molecule has 1 heterocycles. The van der Waals surface area contributed by atoms with Crippen LogP contribution in [0.5, 0.6) is 0 Å². The van der Waals surface area contributed by atoms with Crippen LogP contribution in [-0.4, -0.2) is 53.9 Å². The maximum atomic E-state index is 12.5. The third-order valence-corrected chi connectivity index (χ3v) is 7.99. The number of carbonyl (C=O) groups excluding carboxylic acids is 1. The average Bonchev–Trinajstić information content (AvgIpc) is 3.34. The van der Waals surface area contributed by atoms with Crippen molar-refractivity contribution in [1.29, 1.82) is 0 Å². The minimum Gasteiger partial charge on any atom is -0.449 e. The molecule has 3 aromatic rings. The number of aliphatic hydroxyl groups excluding tert-OH is 2. The Morgan fingerprint density at radius 2 is 1.42 bits per heavy atom. The standard InChI is InChI=1S/C30H34BNO6/c1-29(2)30(3,4)38-31(37-29)25-16-10-9-15-23(25)27(34)26(33)17-32-28(35)36-18-24-21-13-7-5-11-19(21)20-12-6-8-14-22(20)24/h5-16,24,26-27,33-34H,17-18H2,1-4H3,(H,32,35). The van der Waals surface area contributed by atoms with Gasteiger partial charge in [-0.15, -0.1) is 0 Å². The lowest BCUT2D eigenvalue weighted by atomic mass is 9.74. The van der Waals surface area contributed by atoms with Crippen molar-refractivity contribution >= 4 is 18.7 Å². The van der Waals surface area contributed by atoms with Gasteiger partial charge in [0.1, 0.15) is 18.8 Å². The summed E-state index contributed by atoms with van der Waals surface area (Å²) in [4.78, 5) is 12.5. The number of carbonyl (C=O) groups is 1. The number of benzene rings is 3. The number of fused-ring (bicyclic) bond motifs is 3. The van der Waals surface area contributed by atoms with Gasteiger partial charge in [0.15, 0.2) is 0 Å². The summed E-state index contributed by atoms with van der Waals surface area (Å²) in [6.07, 6.45) is -3.18. The van der Waals surface area contributed by atoms with Gasteiger partial charge in [0.2, 0.25) is 0 Å². The Labute approximate surface area is 223 Å². The molecular weight excluding hydrogens is 481 g/mol. The van der Waals surface area contributed by atoms with Gasteiger partial charge in [-0.25, -0.2) is 4.79 Å². The molecule has 1 fully saturated rings. The van der Waals surface area contributed by atoms with E-state index in [-0.39, 0.29) is 19.1 Å². The maximum Gasteiger partial charge on any atom is 0.495 e. The van der Waals surface area contributed by atoms with Gasteiger partial charge in [-0.05, 0) is 61.0 Å². The molecule has 1 amide bonds. The van der Waals surface area contributed by atoms with E-state index in [1.807, 2.05) is 64.1 Å². The van der Waals surface area contributed by atoms with Gasteiger partial charge in [-0.1, -0.05) is 72.8 Å². The first-order valence-electron chi connectivity index (χ1n) is 13.0. The molecule has 7 nitrogen and oxygen atoms in total. The van der Waals surface area contributed by atoms with Crippen LogP contribution in [0.1, 0.15) is 56.4 Å². The largest absolute Gasteiger partial charge is 0.495 e. The molecular formula is C30H34BNO6. The number of aliphatic hydroxyl groups is 2. The van der Waals surface area contributed by atoms with Crippen molar-refractivity contribution in [2.75, 3.05) is 13.2 Å². The zero-order chi connectivity index (χ0) is 27.1. The Morgan fingerprint density at radius 3 is 2.03 bits per heavy atom. The van der Waals surface area contributed by atoms with Crippen molar-refractivity contribution in [3.05, 3.63) is 89.5 Å². The topological polar surface area (TPSA) is 97.2 Å². The van der Waals surface area contributed by atoms with Crippen LogP contribution in [0, 0.1) is 0 Å². The van der Waals surface area contributed by atoms with Crippen LogP contribution in [0.4, 0.5) is 4.79 Å². The fourth-order valence-electron chi connectivity index (χ4n) is 5.12. The van der Waals surface area contributed by atoms with E-state index in [0.29, 0.717) is 11.0 Å². The van der Waals surface area contributed by atoms with Gasteiger partial charge in [-0.2, -0.15) is 0 Å². The predicted octanol–water partition coefficient (Wildman–Crippen LogP) is 3.92. The smallest absolute Gasteiger partial charge is 0.449 e. The van der Waals surface area contributed by atoms with Crippen molar-refractivity contribution in [3.63, 3.8) is 0 Å². The molecule has 2 atom stereocenters. The minimum absolute atomic E-state index is 0.0598. The van der Waals surface area contributed by atoms with Crippen molar-refractivity contribution < 1.29 is 29.1 Å². The van der Waals surface area contributed by atoms with Crippen LogP contribution < -0.4 is 10.8 Å². The summed E-state index contributed by atoms with van der Waals surface area (Å²) in [7, 11) is -0.687. The molecule has 8 heteroatoms. The monoisotopic (exact) mass is 515 g/mol. The summed E-state index contributed by atoms with van der Waals surface area (Å²) >= 11 is 0. The van der Waals surface area contributed by atoms with Crippen LogP contribution in [0.2, 0.25) is 0 Å². The highest BCUT2D eigenvalue weighted by molar-refractivity contribution is 6.62. The zero-order valence-electron chi connectivity index (χ0n) is 22.2. The lowest BCUT2D eigenvalue weighted by molar-refractivity contribution is 0.00578. The fraction of sp³-hybridized carbons (Fsp3) is 0.367. The Bertz CT molecular complexity index is 1260. The van der Waals surface area contributed by atoms with E-state index in [4.69, 9.17) is 14.0 Å². The van der Waals surface area contributed by atoms with Gasteiger partial charge >= 0.3 is 13.2 Å². The van der Waals surface area contributed by atoms with E-state index in [1.165, 1.54) is 0 Å². The molecule has 38 heavy (non-hydrogen) atoms. The number of hydrogen-bond donors (Lipinski definition) is 3. The van der Waals surface area contributed by atoms with E-state index < -0.39 is 36.6 Å². The van der Waals surface area contributed by atoms with Crippen LogP contribution in [-0.2, 0) is 14.0 Å². The summed E-state index contributed by atoms with van der Waals surface area (Å²) in [6, 6.07) is 23.4. The van der Waals surface area contributed by atoms with Crippen LogP contribution >= 0.6 is 0 Å². The van der Waals surface area contributed by atoms with E-state index in [0.717, 1.165) is 22.3 Å². The maximum absolute atomic E-state index is 12.5. The highest BCUT2D eigenvalue weighted by Gasteiger charge is 2.52. The molecule has 5 rings (SSSR count). The number of amides is 1. The number of rotatable bonds is 7. The molecule has 1 saturated heterocycles. The summed E-state index contributed by atoms with van der Waals surface area (Å²) in [5, 5.41) is 24.3. The molecule has 3 aromatic carbocycles. The number of ether oxygens (including phenoxy) is 1. The van der Waals surface area contributed by atoms with E-state index in [1.54, 1.807) is 12.1 Å². The quantitative estimate of drug-likeness (QED) is 0.413. The molecule has 198 valence electrons. The summed E-state index contributed by atoms with van der Waals surface area (Å²) in [6.45, 7) is 7.82. The molecule has 0 aromatic heterocycles. The first-order chi connectivity index (χ1) is 18.1. The lowest BCUT2D eigenvalue weighted by Crippen LogP contribution is -2.41. The Balaban J connectivity index is 1.20. The number of alkyl carbamates (subject to hydrolysis) is 1. The Hall–Kier alpha value is -3.17. The van der Waals surface area contributed by atoms with E-state index in [2.05, 4.69) is 29.6 Å². The molecule has 0 spiro atoms. The summed E-state index contributed by atoms with van der Waals surface area (Å²) in [5.41, 5.74) is 4.58. The first-order valence-corrected chi connectivity index (χ1v) is 13.0. The predicted molar refractivity (Wildman–Crippen MR) is 146 cm³/mol. The van der Waals surface area contributed by atoms with E-state index >= 15 is 0 Å². The average molecular weight is 515 g/mol. The number of nitrogens with one attached hydrogen (secondary N) is 1. The second-order valence-corrected chi connectivity index (χ2v) is 10.9. The van der Waals surface area contributed by atoms with Crippen molar-refractivity contribution in [2.24, 2.45) is 0 Å². The summed E-state index contributed by atoms with van der Waals surface area (Å²) < 4.78 is 17.8. The van der Waals surface area contributed by atoms with Crippen molar-refractivity contribution in [3.8, 4) is 11.1 Å². The molecule has 3 N–H and O–H groups in total. The minimum atomic E-state index is -1.26. The van der Waals surface area contributed by atoms with Gasteiger partial charge in [0.05, 0.1) is 11.2 Å². The van der Waals surface area contributed by atoms with Crippen molar-refractivity contribution in [1.82, 2.24) is 5.32 Å². The van der Waals surface area contributed by atoms with Gasteiger partial charge in [0, 0.05) is 12.5 Å². The van der Waals surface area contributed by atoms with E-state index in [9.17, 15) is 15.0 Å². The molecule has 0 radical (unpaired) electrons. The fourth-order valence-corrected chi connectivity index (χ4v) is 5.12. The Morgan fingerprint density at radius 1 is 0.895 bits per heavy atom. The molecule has 1 aliphatic heterocycles. The third kappa shape index (κ3) is 4.85. The molecule has 0 bridgehead atoms. The van der Waals surface area contributed by atoms with Crippen molar-refractivity contribution in [2.45, 2.75) is 57.0 Å². The van der Waals surface area contributed by atoms with Crippen LogP contribution in [0.15, 0.2) is 72.8 Å². The van der Waals surface area contributed by atoms with Crippen LogP contribution in [0.25, 0.3) is 11.1 Å².